The van der Waals surface area contributed by atoms with Crippen LogP contribution in [0.3, 0.4) is 0 Å². The average molecular weight is 536 g/mol. The fourth-order valence-corrected chi connectivity index (χ4v) is 5.48. The summed E-state index contributed by atoms with van der Waals surface area (Å²) in [4.78, 5) is 39.8. The van der Waals surface area contributed by atoms with Crippen LogP contribution in [-0.4, -0.2) is 88.5 Å². The lowest BCUT2D eigenvalue weighted by molar-refractivity contribution is 0.0489. The summed E-state index contributed by atoms with van der Waals surface area (Å²) in [7, 11) is 1.50. The minimum Gasteiger partial charge on any atom is -0.507 e. The van der Waals surface area contributed by atoms with Crippen LogP contribution in [0.25, 0.3) is 0 Å². The van der Waals surface area contributed by atoms with Gasteiger partial charge in [0.25, 0.3) is 11.8 Å². The maximum absolute atomic E-state index is 12.9. The Morgan fingerprint density at radius 2 is 1.89 bits per heavy atom. The first-order valence-corrected chi connectivity index (χ1v) is 12.8. The van der Waals surface area contributed by atoms with Crippen molar-refractivity contribution < 1.29 is 14.7 Å². The van der Waals surface area contributed by atoms with Gasteiger partial charge in [0, 0.05) is 56.9 Å². The third-order valence-electron chi connectivity index (χ3n) is 7.02. The molecule has 36 heavy (non-hydrogen) atoms. The van der Waals surface area contributed by atoms with Gasteiger partial charge in [0.1, 0.15) is 5.75 Å². The van der Waals surface area contributed by atoms with E-state index in [4.69, 9.17) is 28.9 Å². The van der Waals surface area contributed by atoms with Crippen molar-refractivity contribution in [1.29, 1.82) is 0 Å². The van der Waals surface area contributed by atoms with Gasteiger partial charge in [-0.1, -0.05) is 30.1 Å². The Labute approximate surface area is 220 Å². The number of carbonyl (C=O) groups excluding carboxylic acids is 2. The predicted octanol–water partition coefficient (Wildman–Crippen LogP) is 2.64. The number of piperidine rings is 1. The van der Waals surface area contributed by atoms with E-state index < -0.39 is 5.91 Å². The average Bonchev–Trinajstić information content (AvgIpc) is 2.88. The lowest BCUT2D eigenvalue weighted by Gasteiger charge is -2.47. The van der Waals surface area contributed by atoms with Gasteiger partial charge >= 0.3 is 0 Å². The summed E-state index contributed by atoms with van der Waals surface area (Å²) in [6.45, 7) is 5.61. The number of benzene rings is 1. The number of hydrogen-bond donors (Lipinski definition) is 3. The summed E-state index contributed by atoms with van der Waals surface area (Å²) in [5.41, 5.74) is 6.29. The van der Waals surface area contributed by atoms with E-state index >= 15 is 0 Å². The minimum atomic E-state index is -0.430. The van der Waals surface area contributed by atoms with Gasteiger partial charge in [-0.05, 0) is 37.5 Å². The van der Waals surface area contributed by atoms with Crippen molar-refractivity contribution in [2.24, 2.45) is 0 Å². The molecule has 2 aromatic rings. The molecule has 2 amide bonds. The number of piperazine rings is 1. The fraction of sp³-hybridized carbons (Fsp3) is 0.500. The lowest BCUT2D eigenvalue weighted by atomic mass is 9.97. The van der Waals surface area contributed by atoms with Crippen LogP contribution in [0.4, 0.5) is 11.6 Å². The number of nitrogen functional groups attached to an aromatic ring is 1. The van der Waals surface area contributed by atoms with Gasteiger partial charge < -0.3 is 26.0 Å². The van der Waals surface area contributed by atoms with E-state index in [9.17, 15) is 14.7 Å². The fourth-order valence-electron chi connectivity index (χ4n) is 5.07. The molecule has 10 nitrogen and oxygen atoms in total. The molecule has 0 radical (unpaired) electrons. The number of anilines is 2. The van der Waals surface area contributed by atoms with Crippen LogP contribution in [0.5, 0.6) is 5.75 Å². The Bertz CT molecular complexity index is 1140. The number of likely N-dealkylation sites (tertiary alicyclic amines) is 1. The van der Waals surface area contributed by atoms with Gasteiger partial charge in [0.2, 0.25) is 0 Å². The topological polar surface area (TPSA) is 128 Å². The van der Waals surface area contributed by atoms with Crippen LogP contribution >= 0.6 is 23.2 Å². The van der Waals surface area contributed by atoms with Crippen LogP contribution in [0.2, 0.25) is 10.2 Å². The SMILES string of the molecule is CC[C@H]1CN(c2nc(N)c(C(=O)NC)nc2Cl)CCN1C1CCN(C(=O)c2ccc(Cl)cc2O)CC1. The summed E-state index contributed by atoms with van der Waals surface area (Å²) >= 11 is 12.3. The molecule has 2 saturated heterocycles. The van der Waals surface area contributed by atoms with E-state index in [-0.39, 0.29) is 39.9 Å². The number of rotatable bonds is 5. The summed E-state index contributed by atoms with van der Waals surface area (Å²) in [6.07, 6.45) is 2.64. The van der Waals surface area contributed by atoms with Crippen molar-refractivity contribution in [3.8, 4) is 5.75 Å². The Balaban J connectivity index is 1.40. The summed E-state index contributed by atoms with van der Waals surface area (Å²) in [5.74, 6) is -0.162. The first kappa shape index (κ1) is 26.2. The molecule has 12 heteroatoms. The van der Waals surface area contributed by atoms with E-state index in [2.05, 4.69) is 32.0 Å². The molecule has 1 aromatic heterocycles. The predicted molar refractivity (Wildman–Crippen MR) is 140 cm³/mol. The van der Waals surface area contributed by atoms with E-state index in [1.165, 1.54) is 13.1 Å². The first-order chi connectivity index (χ1) is 17.2. The highest BCUT2D eigenvalue weighted by molar-refractivity contribution is 6.32. The lowest BCUT2D eigenvalue weighted by Crippen LogP contribution is -2.58. The number of aromatic nitrogens is 2. The van der Waals surface area contributed by atoms with Crippen LogP contribution in [0.15, 0.2) is 18.2 Å². The third-order valence-corrected chi connectivity index (χ3v) is 7.50. The zero-order valence-electron chi connectivity index (χ0n) is 20.4. The first-order valence-electron chi connectivity index (χ1n) is 12.1. The molecule has 0 spiro atoms. The van der Waals surface area contributed by atoms with E-state index in [0.717, 1.165) is 25.8 Å². The van der Waals surface area contributed by atoms with Crippen molar-refractivity contribution in [3.05, 3.63) is 39.6 Å². The number of amides is 2. The number of phenolic OH excluding ortho intramolecular Hbond substituents is 1. The number of hydrogen-bond acceptors (Lipinski definition) is 8. The van der Waals surface area contributed by atoms with Gasteiger partial charge in [-0.2, -0.15) is 0 Å². The quantitative estimate of drug-likeness (QED) is 0.532. The molecule has 3 heterocycles. The van der Waals surface area contributed by atoms with Crippen LogP contribution in [0.1, 0.15) is 47.0 Å². The highest BCUT2D eigenvalue weighted by Gasteiger charge is 2.35. The molecule has 0 unspecified atom stereocenters. The van der Waals surface area contributed by atoms with Crippen molar-refractivity contribution in [2.45, 2.75) is 38.3 Å². The zero-order chi connectivity index (χ0) is 26.0. The van der Waals surface area contributed by atoms with Crippen LogP contribution in [0, 0.1) is 0 Å². The molecule has 2 aliphatic rings. The van der Waals surface area contributed by atoms with Crippen LogP contribution in [-0.2, 0) is 0 Å². The minimum absolute atomic E-state index is 0.0187. The molecule has 2 fully saturated rings. The van der Waals surface area contributed by atoms with Gasteiger partial charge in [0.05, 0.1) is 5.56 Å². The van der Waals surface area contributed by atoms with Gasteiger partial charge in [0.15, 0.2) is 22.5 Å². The molecular weight excluding hydrogens is 505 g/mol. The number of nitrogens with one attached hydrogen (secondary N) is 1. The number of nitrogens with two attached hydrogens (primary N) is 1. The summed E-state index contributed by atoms with van der Waals surface area (Å²) in [6, 6.07) is 5.19. The second-order valence-corrected chi connectivity index (χ2v) is 9.88. The van der Waals surface area contributed by atoms with Gasteiger partial charge in [-0.25, -0.2) is 9.97 Å². The van der Waals surface area contributed by atoms with E-state index in [1.807, 2.05) is 0 Å². The van der Waals surface area contributed by atoms with Crippen molar-refractivity contribution in [1.82, 2.24) is 25.1 Å². The normalized spacial score (nSPS) is 19.4. The number of phenols is 1. The summed E-state index contributed by atoms with van der Waals surface area (Å²) < 4.78 is 0. The third kappa shape index (κ3) is 5.30. The molecule has 0 bridgehead atoms. The highest BCUT2D eigenvalue weighted by atomic mass is 35.5. The molecule has 4 N–H and O–H groups in total. The largest absolute Gasteiger partial charge is 0.507 e. The number of nitrogens with zero attached hydrogens (tertiary/aromatic N) is 5. The van der Waals surface area contributed by atoms with E-state index in [1.54, 1.807) is 17.0 Å². The molecule has 1 atom stereocenters. The molecule has 0 saturated carbocycles. The van der Waals surface area contributed by atoms with Crippen molar-refractivity contribution in [3.63, 3.8) is 0 Å². The van der Waals surface area contributed by atoms with Crippen molar-refractivity contribution in [2.75, 3.05) is 50.4 Å². The number of aromatic hydroxyl groups is 1. The Morgan fingerprint density at radius 3 is 2.53 bits per heavy atom. The Hall–Kier alpha value is -2.82. The second kappa shape index (κ2) is 11.1. The number of halogens is 2. The maximum atomic E-state index is 12.9. The van der Waals surface area contributed by atoms with Gasteiger partial charge in [-0.3, -0.25) is 14.5 Å². The monoisotopic (exact) mass is 535 g/mol. The molecule has 194 valence electrons. The Morgan fingerprint density at radius 1 is 1.17 bits per heavy atom. The zero-order valence-corrected chi connectivity index (χ0v) is 21.9. The Kier molecular flexibility index (Phi) is 8.07. The second-order valence-electron chi connectivity index (χ2n) is 9.08. The maximum Gasteiger partial charge on any atom is 0.273 e. The molecule has 2 aliphatic heterocycles. The van der Waals surface area contributed by atoms with Gasteiger partial charge in [-0.15, -0.1) is 0 Å². The van der Waals surface area contributed by atoms with E-state index in [0.29, 0.717) is 43.1 Å². The smallest absolute Gasteiger partial charge is 0.273 e. The molecular formula is C24H31Cl2N7O3. The highest BCUT2D eigenvalue weighted by Crippen LogP contribution is 2.30. The molecule has 4 rings (SSSR count). The van der Waals surface area contributed by atoms with Crippen LogP contribution < -0.4 is 16.0 Å². The summed E-state index contributed by atoms with van der Waals surface area (Å²) in [5, 5.41) is 13.2. The molecule has 0 aliphatic carbocycles. The van der Waals surface area contributed by atoms with Crippen molar-refractivity contribution >= 4 is 46.7 Å². The molecule has 1 aromatic carbocycles. The standard InChI is InChI=1S/C24H31Cl2N7O3/c1-3-15-13-32(22-20(26)29-19(21(27)30-22)23(35)28-2)10-11-33(15)16-6-8-31(9-7-16)24(36)17-5-4-14(25)12-18(17)34/h4-5,12,15-16,34H,3,6-11,13H2,1-2H3,(H2,27,30)(H,28,35)/t15-/m0/s1. The number of carbonyl (C=O) groups is 2.